The van der Waals surface area contributed by atoms with Crippen LogP contribution in [0.2, 0.25) is 10.0 Å². The number of fused-ring (bicyclic) bond motifs is 3. The Morgan fingerprint density at radius 2 is 1.55 bits per heavy atom. The second kappa shape index (κ2) is 18.4. The lowest BCUT2D eigenvalue weighted by Gasteiger charge is -2.46. The summed E-state index contributed by atoms with van der Waals surface area (Å²) in [6, 6.07) is 18.8. The predicted octanol–water partition coefficient (Wildman–Crippen LogP) is 5.14. The Hall–Kier alpha value is -5.52. The van der Waals surface area contributed by atoms with Crippen LogP contribution in [0.4, 0.5) is 4.79 Å². The Bertz CT molecular complexity index is 2160. The number of aromatic amines is 1. The number of ether oxygens (including phenoxy) is 7. The van der Waals surface area contributed by atoms with Crippen molar-refractivity contribution in [3.8, 4) is 11.5 Å². The van der Waals surface area contributed by atoms with Crippen LogP contribution in [-0.2, 0) is 44.5 Å². The molecule has 5 N–H and O–H groups in total. The zero-order valence-electron chi connectivity index (χ0n) is 32.0. The number of rotatable bonds is 12. The number of nitrogens with two attached hydrogens (primary N) is 2. The Morgan fingerprint density at radius 1 is 0.897 bits per heavy atom. The molecule has 4 aromatic rings. The summed E-state index contributed by atoms with van der Waals surface area (Å²) in [7, 11) is 1.33. The lowest BCUT2D eigenvalue weighted by molar-refractivity contribution is -0.274. The molecule has 0 saturated carbocycles. The molecule has 58 heavy (non-hydrogen) atoms. The number of halogens is 2. The molecule has 0 bridgehead atoms. The summed E-state index contributed by atoms with van der Waals surface area (Å²) in [5.41, 5.74) is 10.1. The highest BCUT2D eigenvalue weighted by atomic mass is 35.5. The number of esters is 3. The lowest BCUT2D eigenvalue weighted by atomic mass is 9.92. The molecule has 0 spiro atoms. The number of carbonyl (C=O) groups is 4. The van der Waals surface area contributed by atoms with E-state index in [1.54, 1.807) is 41.3 Å². The zero-order chi connectivity index (χ0) is 41.7. The number of nitrogens with zero attached hydrogens (tertiary/aromatic N) is 2. The molecule has 0 radical (unpaired) electrons. The topological polar surface area (TPSA) is 207 Å². The molecular weight excluding hydrogens is 797 g/mol. The number of amides is 1. The first kappa shape index (κ1) is 42.1. The molecule has 3 aromatic carbocycles. The van der Waals surface area contributed by atoms with Crippen molar-refractivity contribution in [1.29, 1.82) is 0 Å². The third-order valence-corrected chi connectivity index (χ3v) is 9.98. The number of hydrazine groups is 1. The Kier molecular flexibility index (Phi) is 13.3. The van der Waals surface area contributed by atoms with E-state index in [1.165, 1.54) is 34.1 Å². The molecule has 1 aromatic heterocycles. The van der Waals surface area contributed by atoms with Gasteiger partial charge in [0.1, 0.15) is 43.0 Å². The van der Waals surface area contributed by atoms with Gasteiger partial charge in [0, 0.05) is 67.3 Å². The second-order valence-electron chi connectivity index (χ2n) is 13.6. The Labute approximate surface area is 343 Å². The number of H-pyrrole nitrogens is 1. The normalized spacial score (nSPS) is 21.8. The highest BCUT2D eigenvalue weighted by molar-refractivity contribution is 6.31. The van der Waals surface area contributed by atoms with Crippen LogP contribution in [0.15, 0.2) is 78.6 Å². The van der Waals surface area contributed by atoms with Crippen LogP contribution < -0.4 is 21.1 Å². The maximum atomic E-state index is 13.7. The van der Waals surface area contributed by atoms with Gasteiger partial charge in [0.25, 0.3) is 0 Å². The molecule has 6 rings (SSSR count). The van der Waals surface area contributed by atoms with Gasteiger partial charge in [-0.3, -0.25) is 24.3 Å². The molecule has 3 heterocycles. The van der Waals surface area contributed by atoms with E-state index in [2.05, 4.69) is 4.98 Å². The minimum atomic E-state index is -1.23. The standard InChI is InChI=1S/C40H43Cl2N5O11/c1-21(48)53-20-33-36(55-22(2)49)37(52-4)38(56-23(3)50)39(58-33)47(44)18-27(43)19-54-28-10-5-24(6-11-28)35-34-30(31-17-26(42)9-14-32(31)45-34)15-16-46(35)40(51)57-29-12-7-25(41)8-13-29/h5-14,17-18,33,35-39,45H,15-16,19-20,43-44H2,1-4H3/b27-18-. The summed E-state index contributed by atoms with van der Waals surface area (Å²) in [6.45, 7) is 3.52. The zero-order valence-corrected chi connectivity index (χ0v) is 33.5. The van der Waals surface area contributed by atoms with Crippen molar-refractivity contribution in [3.63, 3.8) is 0 Å². The van der Waals surface area contributed by atoms with Gasteiger partial charge in [0.05, 0.1) is 5.70 Å². The third kappa shape index (κ3) is 9.77. The fourth-order valence-corrected chi connectivity index (χ4v) is 7.37. The summed E-state index contributed by atoms with van der Waals surface area (Å²) in [5.74, 6) is 5.28. The van der Waals surface area contributed by atoms with Crippen LogP contribution in [0.25, 0.3) is 10.9 Å². The molecule has 1 fully saturated rings. The fourth-order valence-electron chi connectivity index (χ4n) is 7.07. The van der Waals surface area contributed by atoms with Gasteiger partial charge in [-0.05, 0) is 72.1 Å². The minimum absolute atomic E-state index is 0.130. The third-order valence-electron chi connectivity index (χ3n) is 9.49. The molecule has 6 unspecified atom stereocenters. The first-order valence-corrected chi connectivity index (χ1v) is 18.9. The van der Waals surface area contributed by atoms with Gasteiger partial charge >= 0.3 is 24.0 Å². The molecular formula is C40H43Cl2N5O11. The monoisotopic (exact) mass is 839 g/mol. The molecule has 16 nitrogen and oxygen atoms in total. The molecule has 2 aliphatic heterocycles. The van der Waals surface area contributed by atoms with Crippen molar-refractivity contribution < 1.29 is 52.3 Å². The summed E-state index contributed by atoms with van der Waals surface area (Å²) < 4.78 is 39.6. The number of carbonyl (C=O) groups excluding carboxylic acids is 4. The maximum absolute atomic E-state index is 13.7. The summed E-state index contributed by atoms with van der Waals surface area (Å²) >= 11 is 12.4. The Morgan fingerprint density at radius 3 is 2.21 bits per heavy atom. The van der Waals surface area contributed by atoms with Crippen molar-refractivity contribution in [2.45, 2.75) is 63.9 Å². The van der Waals surface area contributed by atoms with E-state index in [9.17, 15) is 19.2 Å². The van der Waals surface area contributed by atoms with Crippen LogP contribution in [-0.4, -0.2) is 96.4 Å². The summed E-state index contributed by atoms with van der Waals surface area (Å²) in [6.07, 6.45) is -4.31. The van der Waals surface area contributed by atoms with Crippen LogP contribution in [0.3, 0.4) is 0 Å². The van der Waals surface area contributed by atoms with E-state index in [0.717, 1.165) is 32.7 Å². The predicted molar refractivity (Wildman–Crippen MR) is 210 cm³/mol. The van der Waals surface area contributed by atoms with E-state index >= 15 is 0 Å². The Balaban J connectivity index is 1.20. The molecule has 2 aliphatic rings. The molecule has 1 saturated heterocycles. The average Bonchev–Trinajstić information content (AvgIpc) is 3.54. The van der Waals surface area contributed by atoms with Crippen LogP contribution in [0.1, 0.15) is 43.6 Å². The number of methoxy groups -OCH3 is 1. The van der Waals surface area contributed by atoms with E-state index in [0.29, 0.717) is 34.5 Å². The molecule has 6 atom stereocenters. The number of hydrogen-bond donors (Lipinski definition) is 3. The SMILES string of the molecule is COC1C(OC(C)=O)C(COC(C)=O)OC(N(N)/C=C(\N)COc2ccc(C3c4[nH]c5ccc(Cl)cc5c4CCN3C(=O)Oc3ccc(Cl)cc3)cc2)C1OC(C)=O. The fraction of sp³-hybridized carbons (Fsp3) is 0.350. The van der Waals surface area contributed by atoms with Gasteiger partial charge in [-0.2, -0.15) is 0 Å². The van der Waals surface area contributed by atoms with E-state index in [1.807, 2.05) is 30.3 Å². The van der Waals surface area contributed by atoms with Crippen molar-refractivity contribution in [2.75, 3.05) is 26.9 Å². The number of benzene rings is 3. The van der Waals surface area contributed by atoms with Gasteiger partial charge in [-0.25, -0.2) is 10.6 Å². The van der Waals surface area contributed by atoms with Crippen molar-refractivity contribution >= 4 is 58.1 Å². The van der Waals surface area contributed by atoms with E-state index < -0.39 is 60.7 Å². The number of nitrogens with one attached hydrogen (secondary N) is 1. The molecule has 308 valence electrons. The van der Waals surface area contributed by atoms with Crippen LogP contribution >= 0.6 is 23.2 Å². The van der Waals surface area contributed by atoms with Crippen molar-refractivity contribution in [3.05, 3.63) is 105 Å². The molecule has 0 aliphatic carbocycles. The quantitative estimate of drug-likeness (QED) is 0.0731. The van der Waals surface area contributed by atoms with Crippen molar-refractivity contribution in [2.24, 2.45) is 11.6 Å². The maximum Gasteiger partial charge on any atom is 0.416 e. The van der Waals surface area contributed by atoms with Crippen LogP contribution in [0.5, 0.6) is 11.5 Å². The van der Waals surface area contributed by atoms with Gasteiger partial charge in [0.2, 0.25) is 0 Å². The van der Waals surface area contributed by atoms with Crippen LogP contribution in [0, 0.1) is 0 Å². The first-order valence-electron chi connectivity index (χ1n) is 18.1. The lowest BCUT2D eigenvalue weighted by Crippen LogP contribution is -2.66. The van der Waals surface area contributed by atoms with Gasteiger partial charge < -0.3 is 43.9 Å². The highest BCUT2D eigenvalue weighted by Gasteiger charge is 2.52. The highest BCUT2D eigenvalue weighted by Crippen LogP contribution is 2.40. The van der Waals surface area contributed by atoms with Crippen molar-refractivity contribution in [1.82, 2.24) is 14.9 Å². The van der Waals surface area contributed by atoms with E-state index in [4.69, 9.17) is 67.9 Å². The van der Waals surface area contributed by atoms with Gasteiger partial charge in [-0.1, -0.05) is 35.3 Å². The second-order valence-corrected chi connectivity index (χ2v) is 14.5. The van der Waals surface area contributed by atoms with E-state index in [-0.39, 0.29) is 18.9 Å². The minimum Gasteiger partial charge on any atom is -0.487 e. The number of hydrogen-bond acceptors (Lipinski definition) is 14. The summed E-state index contributed by atoms with van der Waals surface area (Å²) in [5, 5.41) is 3.17. The summed E-state index contributed by atoms with van der Waals surface area (Å²) in [4.78, 5) is 54.7. The molecule has 1 amide bonds. The largest absolute Gasteiger partial charge is 0.487 e. The smallest absolute Gasteiger partial charge is 0.416 e. The van der Waals surface area contributed by atoms with Gasteiger partial charge in [0.15, 0.2) is 18.4 Å². The average molecular weight is 841 g/mol. The molecule has 18 heteroatoms. The number of aromatic nitrogens is 1. The van der Waals surface area contributed by atoms with Gasteiger partial charge in [-0.15, -0.1) is 0 Å². The first-order chi connectivity index (χ1) is 27.7.